The number of hydrogen-bond acceptors (Lipinski definition) is 7. The normalized spacial score (nSPS) is 23.4. The zero-order valence-corrected chi connectivity index (χ0v) is 14.1. The standard InChI is InChI=1S/C14H14ClFN4O2S/c1-20-6-3-4-21-5-7(6)22-13-8-10(9(16)11(15)18-13)17-14(23-2)19-12(8)20/h6-7H,3-5H2,1-2H3/t6-,7-/m0/s1. The van der Waals surface area contributed by atoms with Crippen molar-refractivity contribution in [1.29, 1.82) is 0 Å². The summed E-state index contributed by atoms with van der Waals surface area (Å²) in [4.78, 5) is 14.9. The second-order valence-electron chi connectivity index (χ2n) is 5.48. The summed E-state index contributed by atoms with van der Waals surface area (Å²) in [5.74, 6) is 0.230. The van der Waals surface area contributed by atoms with E-state index in [1.807, 2.05) is 18.2 Å². The summed E-state index contributed by atoms with van der Waals surface area (Å²) in [6.07, 6.45) is 2.43. The Labute approximate surface area is 141 Å². The molecule has 4 rings (SSSR count). The molecule has 0 amide bonds. The highest BCUT2D eigenvalue weighted by atomic mass is 35.5. The molecule has 9 heteroatoms. The first-order valence-corrected chi connectivity index (χ1v) is 8.78. The van der Waals surface area contributed by atoms with Crippen LogP contribution >= 0.6 is 23.4 Å². The predicted molar refractivity (Wildman–Crippen MR) is 86.1 cm³/mol. The van der Waals surface area contributed by atoms with Gasteiger partial charge >= 0.3 is 0 Å². The summed E-state index contributed by atoms with van der Waals surface area (Å²) in [5, 5.41) is 0.695. The van der Waals surface area contributed by atoms with Crippen LogP contribution in [0.1, 0.15) is 6.42 Å². The molecule has 1 saturated heterocycles. The van der Waals surface area contributed by atoms with Gasteiger partial charge in [0.1, 0.15) is 22.8 Å². The number of thioether (sulfide) groups is 1. The number of fused-ring (bicyclic) bond motifs is 1. The molecule has 2 aromatic heterocycles. The first-order chi connectivity index (χ1) is 11.1. The summed E-state index contributed by atoms with van der Waals surface area (Å²) in [6.45, 7) is 1.10. The van der Waals surface area contributed by atoms with Gasteiger partial charge in [-0.2, -0.15) is 4.98 Å². The molecule has 122 valence electrons. The predicted octanol–water partition coefficient (Wildman–Crippen LogP) is 2.53. The number of pyridine rings is 1. The number of likely N-dealkylation sites (N-methyl/N-ethyl adjacent to an activating group) is 1. The fourth-order valence-corrected chi connectivity index (χ4v) is 3.59. The van der Waals surface area contributed by atoms with Crippen LogP contribution in [0.3, 0.4) is 0 Å². The molecule has 2 aliphatic rings. The van der Waals surface area contributed by atoms with Crippen LogP contribution in [0.15, 0.2) is 5.16 Å². The van der Waals surface area contributed by atoms with Crippen LogP contribution in [-0.4, -0.2) is 53.6 Å². The highest BCUT2D eigenvalue weighted by Crippen LogP contribution is 2.40. The highest BCUT2D eigenvalue weighted by Gasteiger charge is 2.37. The number of ether oxygens (including phenoxy) is 2. The lowest BCUT2D eigenvalue weighted by Gasteiger charge is -2.35. The summed E-state index contributed by atoms with van der Waals surface area (Å²) in [6, 6.07) is 0.0765. The van der Waals surface area contributed by atoms with E-state index >= 15 is 0 Å². The van der Waals surface area contributed by atoms with Crippen molar-refractivity contribution in [2.45, 2.75) is 23.7 Å². The van der Waals surface area contributed by atoms with Gasteiger partial charge in [-0.3, -0.25) is 0 Å². The fourth-order valence-electron chi connectivity index (χ4n) is 3.06. The SMILES string of the molecule is CSc1nc2c3c(nc(Cl)c(F)c3n1)O[C@H]1COCC[C@@H]1N2C. The van der Waals surface area contributed by atoms with E-state index in [0.29, 0.717) is 29.6 Å². The minimum absolute atomic E-state index is 0.0765. The Morgan fingerprint density at radius 2 is 2.17 bits per heavy atom. The van der Waals surface area contributed by atoms with Crippen LogP contribution < -0.4 is 9.64 Å². The van der Waals surface area contributed by atoms with Crippen molar-refractivity contribution < 1.29 is 13.9 Å². The van der Waals surface area contributed by atoms with E-state index in [1.54, 1.807) is 0 Å². The van der Waals surface area contributed by atoms with Crippen molar-refractivity contribution in [2.24, 2.45) is 0 Å². The van der Waals surface area contributed by atoms with Gasteiger partial charge in [0, 0.05) is 13.7 Å². The van der Waals surface area contributed by atoms with Crippen LogP contribution in [0.4, 0.5) is 10.2 Å². The van der Waals surface area contributed by atoms with E-state index in [2.05, 4.69) is 15.0 Å². The van der Waals surface area contributed by atoms with E-state index in [1.165, 1.54) is 11.8 Å². The third-order valence-corrected chi connectivity index (χ3v) is 5.02. The molecule has 0 unspecified atom stereocenters. The van der Waals surface area contributed by atoms with E-state index in [9.17, 15) is 4.39 Å². The van der Waals surface area contributed by atoms with E-state index in [-0.39, 0.29) is 28.7 Å². The number of aromatic nitrogens is 3. The lowest BCUT2D eigenvalue weighted by atomic mass is 10.0. The zero-order valence-electron chi connectivity index (χ0n) is 12.5. The number of hydrogen-bond donors (Lipinski definition) is 0. The third-order valence-electron chi connectivity index (χ3n) is 4.22. The molecule has 1 fully saturated rings. The van der Waals surface area contributed by atoms with Gasteiger partial charge in [0.2, 0.25) is 5.88 Å². The van der Waals surface area contributed by atoms with Gasteiger partial charge in [0.05, 0.1) is 12.6 Å². The molecule has 2 aromatic rings. The van der Waals surface area contributed by atoms with Gasteiger partial charge in [-0.1, -0.05) is 23.4 Å². The maximum atomic E-state index is 14.5. The van der Waals surface area contributed by atoms with Crippen molar-refractivity contribution in [3.8, 4) is 5.88 Å². The highest BCUT2D eigenvalue weighted by molar-refractivity contribution is 7.98. The largest absolute Gasteiger partial charge is 0.469 e. The molecule has 0 N–H and O–H groups in total. The summed E-state index contributed by atoms with van der Waals surface area (Å²) in [7, 11) is 1.93. The minimum Gasteiger partial charge on any atom is -0.469 e. The Kier molecular flexibility index (Phi) is 3.70. The molecule has 6 nitrogen and oxygen atoms in total. The average molecular weight is 357 g/mol. The first-order valence-electron chi connectivity index (χ1n) is 7.18. The Bertz CT molecular complexity index is 793. The van der Waals surface area contributed by atoms with Crippen LogP contribution in [0.5, 0.6) is 5.88 Å². The second kappa shape index (κ2) is 5.61. The average Bonchev–Trinajstić information content (AvgIpc) is 2.68. The van der Waals surface area contributed by atoms with Gasteiger partial charge in [-0.15, -0.1) is 0 Å². The Hall–Kier alpha value is -1.38. The van der Waals surface area contributed by atoms with Crippen LogP contribution in [0.2, 0.25) is 5.15 Å². The molecular weight excluding hydrogens is 343 g/mol. The Morgan fingerprint density at radius 1 is 1.35 bits per heavy atom. The van der Waals surface area contributed by atoms with Crippen molar-refractivity contribution in [3.63, 3.8) is 0 Å². The second-order valence-corrected chi connectivity index (χ2v) is 6.61. The number of nitrogens with zero attached hydrogens (tertiary/aromatic N) is 4. The molecule has 2 atom stereocenters. The number of rotatable bonds is 1. The van der Waals surface area contributed by atoms with Gasteiger partial charge in [-0.25, -0.2) is 14.4 Å². The van der Waals surface area contributed by atoms with Crippen molar-refractivity contribution in [3.05, 3.63) is 11.0 Å². The molecule has 0 aromatic carbocycles. The zero-order chi connectivity index (χ0) is 16.1. The molecule has 0 radical (unpaired) electrons. The molecule has 23 heavy (non-hydrogen) atoms. The summed E-state index contributed by atoms with van der Waals surface area (Å²) >= 11 is 7.28. The lowest BCUT2D eigenvalue weighted by molar-refractivity contribution is -0.00631. The topological polar surface area (TPSA) is 60.4 Å². The van der Waals surface area contributed by atoms with E-state index in [0.717, 1.165) is 6.42 Å². The monoisotopic (exact) mass is 356 g/mol. The third kappa shape index (κ3) is 2.31. The van der Waals surface area contributed by atoms with Gasteiger partial charge in [-0.05, 0) is 12.7 Å². The Balaban J connectivity index is 2.03. The van der Waals surface area contributed by atoms with Gasteiger partial charge in [0.25, 0.3) is 0 Å². The molecule has 0 aliphatic carbocycles. The van der Waals surface area contributed by atoms with Crippen LogP contribution in [0, 0.1) is 5.82 Å². The quantitative estimate of drug-likeness (QED) is 0.442. The first kappa shape index (κ1) is 15.2. The van der Waals surface area contributed by atoms with Crippen molar-refractivity contribution in [1.82, 2.24) is 15.0 Å². The molecule has 0 bridgehead atoms. The molecule has 4 heterocycles. The minimum atomic E-state index is -0.650. The van der Waals surface area contributed by atoms with E-state index in [4.69, 9.17) is 21.1 Å². The number of anilines is 1. The van der Waals surface area contributed by atoms with Crippen molar-refractivity contribution in [2.75, 3.05) is 31.4 Å². The van der Waals surface area contributed by atoms with E-state index < -0.39 is 5.82 Å². The molecule has 2 aliphatic heterocycles. The summed E-state index contributed by atoms with van der Waals surface area (Å²) in [5.41, 5.74) is 0.140. The van der Waals surface area contributed by atoms with Crippen molar-refractivity contribution >= 4 is 40.1 Å². The van der Waals surface area contributed by atoms with Gasteiger partial charge < -0.3 is 14.4 Å². The number of halogens is 2. The maximum absolute atomic E-state index is 14.5. The van der Waals surface area contributed by atoms with Crippen LogP contribution in [-0.2, 0) is 4.74 Å². The van der Waals surface area contributed by atoms with Gasteiger partial charge in [0.15, 0.2) is 16.1 Å². The molecule has 0 spiro atoms. The maximum Gasteiger partial charge on any atom is 0.228 e. The van der Waals surface area contributed by atoms with Crippen LogP contribution in [0.25, 0.3) is 10.9 Å². The smallest absolute Gasteiger partial charge is 0.228 e. The molecule has 0 saturated carbocycles. The Morgan fingerprint density at radius 3 is 2.96 bits per heavy atom. The lowest BCUT2D eigenvalue weighted by Crippen LogP contribution is -2.49. The molecular formula is C14H14ClFN4O2S. The fraction of sp³-hybridized carbons (Fsp3) is 0.500. The summed E-state index contributed by atoms with van der Waals surface area (Å²) < 4.78 is 26.0.